The van der Waals surface area contributed by atoms with E-state index in [4.69, 9.17) is 5.14 Å². The molecule has 0 aliphatic carbocycles. The van der Waals surface area contributed by atoms with Gasteiger partial charge in [-0.05, 0) is 24.6 Å². The molecule has 1 aromatic carbocycles. The van der Waals surface area contributed by atoms with E-state index in [1.54, 1.807) is 18.0 Å². The number of nitrogens with zero attached hydrogens (tertiary/aromatic N) is 2. The highest BCUT2D eigenvalue weighted by Crippen LogP contribution is 2.26. The quantitative estimate of drug-likeness (QED) is 0.814. The van der Waals surface area contributed by atoms with Gasteiger partial charge in [0.25, 0.3) is 5.91 Å². The van der Waals surface area contributed by atoms with Gasteiger partial charge in [0.15, 0.2) is 0 Å². The number of primary sulfonamides is 1. The van der Waals surface area contributed by atoms with E-state index in [0.29, 0.717) is 25.2 Å². The van der Waals surface area contributed by atoms with Gasteiger partial charge in [-0.25, -0.2) is 17.9 Å². The minimum absolute atomic E-state index is 0.0169. The smallest absolute Gasteiger partial charge is 0.256 e. The van der Waals surface area contributed by atoms with E-state index < -0.39 is 22.1 Å². The zero-order valence-electron chi connectivity index (χ0n) is 12.9. The van der Waals surface area contributed by atoms with Gasteiger partial charge in [-0.3, -0.25) is 4.79 Å². The number of amides is 1. The number of carbonyl (C=O) groups is 1. The van der Waals surface area contributed by atoms with Crippen molar-refractivity contribution < 1.29 is 17.6 Å². The van der Waals surface area contributed by atoms with E-state index in [1.165, 1.54) is 23.1 Å². The Balaban J connectivity index is 2.47. The van der Waals surface area contributed by atoms with E-state index in [-0.39, 0.29) is 17.0 Å². The lowest BCUT2D eigenvalue weighted by molar-refractivity contribution is 0.0783. The van der Waals surface area contributed by atoms with Gasteiger partial charge >= 0.3 is 0 Å². The monoisotopic (exact) mass is 341 g/mol. The third kappa shape index (κ3) is 3.89. The molecule has 2 N–H and O–H groups in total. The molecule has 1 aliphatic rings. The molecule has 126 valence electrons. The van der Waals surface area contributed by atoms with Crippen LogP contribution < -0.4 is 10.0 Å². The number of benzene rings is 1. The number of hydrogen-bond donors (Lipinski definition) is 1. The summed E-state index contributed by atoms with van der Waals surface area (Å²) in [7, 11) is -2.18. The Morgan fingerprint density at radius 3 is 2.78 bits per heavy atom. The van der Waals surface area contributed by atoms with Crippen LogP contribution in [0.3, 0.4) is 0 Å². The van der Waals surface area contributed by atoms with Crippen LogP contribution in [-0.4, -0.2) is 52.1 Å². The van der Waals surface area contributed by atoms with Crippen molar-refractivity contribution in [1.29, 1.82) is 0 Å². The van der Waals surface area contributed by atoms with E-state index in [9.17, 15) is 17.6 Å². The highest BCUT2D eigenvalue weighted by atomic mass is 32.2. The topological polar surface area (TPSA) is 83.7 Å². The number of likely N-dealkylation sites (tertiary alicyclic amines) is 1. The molecule has 1 atom stereocenters. The number of alkyl halides is 1. The molecule has 6 nitrogen and oxygen atoms in total. The molecule has 23 heavy (non-hydrogen) atoms. The number of nitrogens with two attached hydrogens (primary N) is 1. The molecule has 1 saturated heterocycles. The Hall–Kier alpha value is -1.93. The lowest BCUT2D eigenvalue weighted by atomic mass is 10.1. The van der Waals surface area contributed by atoms with Gasteiger partial charge < -0.3 is 9.80 Å². The van der Waals surface area contributed by atoms with Crippen LogP contribution in [0, 0.1) is 0 Å². The summed E-state index contributed by atoms with van der Waals surface area (Å²) >= 11 is 0. The summed E-state index contributed by atoms with van der Waals surface area (Å²) in [6.07, 6.45) is 0.906. The maximum Gasteiger partial charge on any atom is 0.256 e. The summed E-state index contributed by atoms with van der Waals surface area (Å²) in [5, 5.41) is 5.14. The van der Waals surface area contributed by atoms with Gasteiger partial charge in [0.1, 0.15) is 6.17 Å². The van der Waals surface area contributed by atoms with Crippen molar-refractivity contribution in [1.82, 2.24) is 4.90 Å². The van der Waals surface area contributed by atoms with Gasteiger partial charge in [0.2, 0.25) is 10.0 Å². The van der Waals surface area contributed by atoms with Crippen LogP contribution in [-0.2, 0) is 10.0 Å². The Morgan fingerprint density at radius 1 is 1.57 bits per heavy atom. The third-order valence-corrected chi connectivity index (χ3v) is 4.67. The van der Waals surface area contributed by atoms with Crippen molar-refractivity contribution in [2.24, 2.45) is 5.14 Å². The Morgan fingerprint density at radius 2 is 2.26 bits per heavy atom. The van der Waals surface area contributed by atoms with Gasteiger partial charge in [-0.1, -0.05) is 6.08 Å². The molecule has 1 aromatic rings. The molecule has 0 aromatic heterocycles. The predicted octanol–water partition coefficient (Wildman–Crippen LogP) is 1.14. The second-order valence-electron chi connectivity index (χ2n) is 5.53. The van der Waals surface area contributed by atoms with E-state index in [1.807, 2.05) is 0 Å². The van der Waals surface area contributed by atoms with Crippen LogP contribution in [0.4, 0.5) is 10.1 Å². The van der Waals surface area contributed by atoms with Crippen molar-refractivity contribution in [2.75, 3.05) is 31.6 Å². The largest absolute Gasteiger partial charge is 0.370 e. The summed E-state index contributed by atoms with van der Waals surface area (Å²) in [4.78, 5) is 15.7. The summed E-state index contributed by atoms with van der Waals surface area (Å²) < 4.78 is 36.5. The number of halogens is 1. The second kappa shape index (κ2) is 6.67. The maximum absolute atomic E-state index is 13.4. The molecule has 2 rings (SSSR count). The first kappa shape index (κ1) is 17.4. The first-order chi connectivity index (χ1) is 10.7. The number of likely N-dealkylation sites (N-methyl/N-ethyl adjacent to an activating group) is 1. The van der Waals surface area contributed by atoms with Crippen LogP contribution in [0.15, 0.2) is 35.7 Å². The van der Waals surface area contributed by atoms with Gasteiger partial charge in [-0.15, -0.1) is 6.58 Å². The van der Waals surface area contributed by atoms with Crippen LogP contribution >= 0.6 is 0 Å². The van der Waals surface area contributed by atoms with Crippen molar-refractivity contribution in [3.63, 3.8) is 0 Å². The van der Waals surface area contributed by atoms with Crippen molar-refractivity contribution in [3.05, 3.63) is 36.4 Å². The fourth-order valence-corrected chi connectivity index (χ4v) is 3.10. The molecule has 8 heteroatoms. The summed E-state index contributed by atoms with van der Waals surface area (Å²) in [6.45, 7) is 4.44. The van der Waals surface area contributed by atoms with Crippen LogP contribution in [0.25, 0.3) is 0 Å². The van der Waals surface area contributed by atoms with Crippen LogP contribution in [0.5, 0.6) is 0 Å². The molecule has 0 spiro atoms. The molecule has 0 saturated carbocycles. The minimum atomic E-state index is -3.93. The molecule has 1 heterocycles. The normalized spacial score (nSPS) is 18.0. The number of carbonyl (C=O) groups excluding carboxylic acids is 1. The number of sulfonamides is 1. The molecule has 0 bridgehead atoms. The first-order valence-corrected chi connectivity index (χ1v) is 8.71. The van der Waals surface area contributed by atoms with Crippen LogP contribution in [0.1, 0.15) is 16.8 Å². The number of anilines is 1. The average Bonchev–Trinajstić information content (AvgIpc) is 2.91. The highest BCUT2D eigenvalue weighted by Gasteiger charge is 2.29. The van der Waals surface area contributed by atoms with E-state index in [2.05, 4.69) is 6.58 Å². The van der Waals surface area contributed by atoms with E-state index >= 15 is 0 Å². The lowest BCUT2D eigenvalue weighted by Crippen LogP contribution is -2.31. The summed E-state index contributed by atoms with van der Waals surface area (Å²) in [6, 6.07) is 4.13. The highest BCUT2D eigenvalue weighted by molar-refractivity contribution is 7.89. The third-order valence-electron chi connectivity index (χ3n) is 3.76. The molecular formula is C15H20FN3O3S. The standard InChI is InChI=1S/C15H20FN3O3S/c1-3-7-18(2)14-5-4-12(23(17,21)22)9-13(14)15(20)19-8-6-11(16)10-19/h3-5,9,11H,1,6-8,10H2,2H3,(H2,17,21,22)/t11-/m0/s1. The Kier molecular flexibility index (Phi) is 5.06. The molecule has 0 unspecified atom stereocenters. The van der Waals surface area contributed by atoms with Crippen molar-refractivity contribution in [3.8, 4) is 0 Å². The van der Waals surface area contributed by atoms with Crippen molar-refractivity contribution >= 4 is 21.6 Å². The molecule has 0 radical (unpaired) electrons. The lowest BCUT2D eigenvalue weighted by Gasteiger charge is -2.24. The predicted molar refractivity (Wildman–Crippen MR) is 86.7 cm³/mol. The van der Waals surface area contributed by atoms with Crippen molar-refractivity contribution in [2.45, 2.75) is 17.5 Å². The minimum Gasteiger partial charge on any atom is -0.370 e. The summed E-state index contributed by atoms with van der Waals surface area (Å²) in [5.41, 5.74) is 0.736. The Bertz CT molecular complexity index is 721. The molecular weight excluding hydrogens is 321 g/mol. The fraction of sp³-hybridized carbons (Fsp3) is 0.400. The SMILES string of the molecule is C=CCN(C)c1ccc(S(N)(=O)=O)cc1C(=O)N1CC[C@H](F)C1. The molecule has 1 aliphatic heterocycles. The number of hydrogen-bond acceptors (Lipinski definition) is 4. The average molecular weight is 341 g/mol. The van der Waals surface area contributed by atoms with Crippen LogP contribution in [0.2, 0.25) is 0 Å². The second-order valence-corrected chi connectivity index (χ2v) is 7.09. The zero-order valence-corrected chi connectivity index (χ0v) is 13.7. The Labute approximate surface area is 135 Å². The maximum atomic E-state index is 13.4. The van der Waals surface area contributed by atoms with Gasteiger partial charge in [0, 0.05) is 25.8 Å². The zero-order chi connectivity index (χ0) is 17.2. The molecule has 1 fully saturated rings. The fourth-order valence-electron chi connectivity index (χ4n) is 2.56. The first-order valence-electron chi connectivity index (χ1n) is 7.16. The number of rotatable bonds is 5. The summed E-state index contributed by atoms with van der Waals surface area (Å²) in [5.74, 6) is -0.401. The van der Waals surface area contributed by atoms with E-state index in [0.717, 1.165) is 0 Å². The molecule has 1 amide bonds. The van der Waals surface area contributed by atoms with Gasteiger partial charge in [-0.2, -0.15) is 0 Å². The van der Waals surface area contributed by atoms with Gasteiger partial charge in [0.05, 0.1) is 17.0 Å².